The van der Waals surface area contributed by atoms with E-state index in [2.05, 4.69) is 20.7 Å². The molecule has 2 aromatic rings. The Kier molecular flexibility index (Phi) is 4.35. The van der Waals surface area contributed by atoms with Gasteiger partial charge in [-0.2, -0.15) is 0 Å². The van der Waals surface area contributed by atoms with Crippen LogP contribution in [0, 0.1) is 18.6 Å². The summed E-state index contributed by atoms with van der Waals surface area (Å²) >= 11 is 1.29. The fraction of sp³-hybridized carbons (Fsp3) is 0.167. The molecule has 1 heterocycles. The van der Waals surface area contributed by atoms with E-state index in [1.165, 1.54) is 30.0 Å². The molecule has 1 aromatic carbocycles. The second-order valence-electron chi connectivity index (χ2n) is 3.95. The zero-order valence-corrected chi connectivity index (χ0v) is 11.7. The summed E-state index contributed by atoms with van der Waals surface area (Å²) in [6.45, 7) is 1.56. The smallest absolute Gasteiger partial charge is 0.191 e. The van der Waals surface area contributed by atoms with Crippen molar-refractivity contribution < 1.29 is 8.78 Å². The molecule has 0 bridgehead atoms. The number of aromatic nitrogens is 2. The number of nitrogens with one attached hydrogen (secondary N) is 2. The summed E-state index contributed by atoms with van der Waals surface area (Å²) in [4.78, 5) is 8.18. The van der Waals surface area contributed by atoms with Gasteiger partial charge in [0.2, 0.25) is 0 Å². The summed E-state index contributed by atoms with van der Waals surface area (Å²) in [6.07, 6.45) is 1.78. The van der Waals surface area contributed by atoms with E-state index in [0.29, 0.717) is 16.5 Å². The molecule has 4 N–H and O–H groups in total. The van der Waals surface area contributed by atoms with Crippen LogP contribution >= 0.6 is 11.8 Å². The molecule has 0 aliphatic rings. The predicted molar refractivity (Wildman–Crippen MR) is 76.0 cm³/mol. The number of nitrogens with two attached hydrogens (primary N) is 1. The number of thioether (sulfide) groups is 1. The lowest BCUT2D eigenvalue weighted by atomic mass is 10.2. The molecule has 5 nitrogen and oxygen atoms in total. The lowest BCUT2D eigenvalue weighted by Gasteiger charge is -2.11. The standard InChI is InChI=1S/C12H13F2N5S/c1-6-3-4-7(13)11(10(6)14)16-8-5-9(19-15)18-12(17-8)20-2/h3-5H,15H2,1-2H3,(H2,16,17,18,19). The van der Waals surface area contributed by atoms with E-state index in [4.69, 9.17) is 5.84 Å². The molecule has 8 heteroatoms. The Balaban J connectivity index is 2.42. The normalized spacial score (nSPS) is 10.4. The van der Waals surface area contributed by atoms with Gasteiger partial charge in [0.15, 0.2) is 11.0 Å². The minimum absolute atomic E-state index is 0.251. The second kappa shape index (κ2) is 6.02. The zero-order chi connectivity index (χ0) is 14.7. The van der Waals surface area contributed by atoms with Crippen molar-refractivity contribution in [3.63, 3.8) is 0 Å². The van der Waals surface area contributed by atoms with Crippen LogP contribution in [0.1, 0.15) is 5.56 Å². The molecule has 0 radical (unpaired) electrons. The summed E-state index contributed by atoms with van der Waals surface area (Å²) < 4.78 is 27.6. The Morgan fingerprint density at radius 2 is 1.90 bits per heavy atom. The number of halogens is 2. The molecule has 2 rings (SSSR count). The number of hydrogen-bond acceptors (Lipinski definition) is 6. The summed E-state index contributed by atoms with van der Waals surface area (Å²) in [5.41, 5.74) is 2.46. The molecule has 20 heavy (non-hydrogen) atoms. The van der Waals surface area contributed by atoms with Crippen LogP contribution in [0.5, 0.6) is 0 Å². The van der Waals surface area contributed by atoms with Gasteiger partial charge in [-0.15, -0.1) is 0 Å². The topological polar surface area (TPSA) is 75.9 Å². The molecule has 1 aromatic heterocycles. The summed E-state index contributed by atoms with van der Waals surface area (Å²) in [5.74, 6) is 4.54. The quantitative estimate of drug-likeness (QED) is 0.349. The molecule has 0 fully saturated rings. The van der Waals surface area contributed by atoms with E-state index < -0.39 is 11.6 Å². The van der Waals surface area contributed by atoms with Crippen molar-refractivity contribution in [2.45, 2.75) is 12.1 Å². The highest BCUT2D eigenvalue weighted by atomic mass is 32.2. The number of rotatable bonds is 4. The van der Waals surface area contributed by atoms with Gasteiger partial charge in [0.1, 0.15) is 23.1 Å². The zero-order valence-electron chi connectivity index (χ0n) is 10.9. The van der Waals surface area contributed by atoms with E-state index >= 15 is 0 Å². The molecule has 0 aliphatic carbocycles. The second-order valence-corrected chi connectivity index (χ2v) is 4.72. The van der Waals surface area contributed by atoms with Crippen molar-refractivity contribution in [3.05, 3.63) is 35.4 Å². The molecule has 0 amide bonds. The third kappa shape index (κ3) is 2.97. The van der Waals surface area contributed by atoms with Crippen LogP contribution < -0.4 is 16.6 Å². The van der Waals surface area contributed by atoms with Crippen molar-refractivity contribution in [1.29, 1.82) is 0 Å². The lowest BCUT2D eigenvalue weighted by Crippen LogP contribution is -2.10. The Morgan fingerprint density at radius 1 is 1.20 bits per heavy atom. The van der Waals surface area contributed by atoms with Crippen LogP contribution in [0.25, 0.3) is 0 Å². The molecule has 106 valence electrons. The van der Waals surface area contributed by atoms with Gasteiger partial charge in [-0.25, -0.2) is 24.6 Å². The van der Waals surface area contributed by atoms with E-state index in [1.807, 2.05) is 0 Å². The van der Waals surface area contributed by atoms with Crippen molar-refractivity contribution in [2.75, 3.05) is 17.0 Å². The summed E-state index contributed by atoms with van der Waals surface area (Å²) in [5, 5.41) is 3.05. The van der Waals surface area contributed by atoms with Crippen LogP contribution in [0.3, 0.4) is 0 Å². The average Bonchev–Trinajstić information content (AvgIpc) is 2.47. The summed E-state index contributed by atoms with van der Waals surface area (Å²) in [7, 11) is 0. The first-order chi connectivity index (χ1) is 9.55. The molecule has 0 saturated carbocycles. The molecule has 0 aliphatic heterocycles. The van der Waals surface area contributed by atoms with Gasteiger partial charge < -0.3 is 10.7 Å². The first kappa shape index (κ1) is 14.5. The molecule has 0 saturated heterocycles. The van der Waals surface area contributed by atoms with E-state index in [0.717, 1.165) is 0 Å². The van der Waals surface area contributed by atoms with E-state index in [1.54, 1.807) is 13.2 Å². The number of aryl methyl sites for hydroxylation is 1. The number of anilines is 3. The van der Waals surface area contributed by atoms with Crippen molar-refractivity contribution in [1.82, 2.24) is 9.97 Å². The van der Waals surface area contributed by atoms with Crippen LogP contribution in [-0.4, -0.2) is 16.2 Å². The summed E-state index contributed by atoms with van der Waals surface area (Å²) in [6, 6.07) is 4.02. The highest BCUT2D eigenvalue weighted by Gasteiger charge is 2.13. The van der Waals surface area contributed by atoms with Gasteiger partial charge in [0.05, 0.1) is 0 Å². The highest BCUT2D eigenvalue weighted by molar-refractivity contribution is 7.98. The fourth-order valence-electron chi connectivity index (χ4n) is 1.55. The number of hydrazine groups is 1. The van der Waals surface area contributed by atoms with Crippen molar-refractivity contribution in [2.24, 2.45) is 5.84 Å². The number of benzene rings is 1. The minimum Gasteiger partial charge on any atom is -0.335 e. The molecular formula is C12H13F2N5S. The molecule has 0 spiro atoms. The third-order valence-electron chi connectivity index (χ3n) is 2.57. The number of nitrogen functional groups attached to an aromatic ring is 1. The third-order valence-corrected chi connectivity index (χ3v) is 3.12. The SMILES string of the molecule is CSc1nc(NN)cc(Nc2c(F)ccc(C)c2F)n1. The van der Waals surface area contributed by atoms with Crippen LogP contribution in [0.2, 0.25) is 0 Å². The Labute approximate surface area is 119 Å². The fourth-order valence-corrected chi connectivity index (χ4v) is 1.93. The average molecular weight is 297 g/mol. The number of hydrogen-bond donors (Lipinski definition) is 3. The van der Waals surface area contributed by atoms with Gasteiger partial charge in [-0.1, -0.05) is 17.8 Å². The van der Waals surface area contributed by atoms with Gasteiger partial charge in [-0.3, -0.25) is 0 Å². The Morgan fingerprint density at radius 3 is 2.55 bits per heavy atom. The van der Waals surface area contributed by atoms with Gasteiger partial charge in [0, 0.05) is 6.07 Å². The van der Waals surface area contributed by atoms with E-state index in [9.17, 15) is 8.78 Å². The maximum Gasteiger partial charge on any atom is 0.191 e. The first-order valence-corrected chi connectivity index (χ1v) is 6.89. The predicted octanol–water partition coefficient (Wildman–Crippen LogP) is 2.81. The maximum atomic E-state index is 13.9. The minimum atomic E-state index is -0.695. The van der Waals surface area contributed by atoms with E-state index in [-0.39, 0.29) is 11.5 Å². The molecular weight excluding hydrogens is 284 g/mol. The first-order valence-electron chi connectivity index (χ1n) is 5.66. The molecule has 0 atom stereocenters. The highest BCUT2D eigenvalue weighted by Crippen LogP contribution is 2.26. The van der Waals surface area contributed by atoms with Crippen LogP contribution in [0.4, 0.5) is 26.1 Å². The maximum absolute atomic E-state index is 13.9. The Bertz CT molecular complexity index is 613. The monoisotopic (exact) mass is 297 g/mol. The van der Waals surface area contributed by atoms with Crippen molar-refractivity contribution in [3.8, 4) is 0 Å². The van der Waals surface area contributed by atoms with Crippen LogP contribution in [-0.2, 0) is 0 Å². The lowest BCUT2D eigenvalue weighted by molar-refractivity contribution is 0.584. The largest absolute Gasteiger partial charge is 0.335 e. The van der Waals surface area contributed by atoms with Crippen molar-refractivity contribution >= 4 is 29.1 Å². The van der Waals surface area contributed by atoms with Gasteiger partial charge >= 0.3 is 0 Å². The van der Waals surface area contributed by atoms with Crippen LogP contribution in [0.15, 0.2) is 23.4 Å². The van der Waals surface area contributed by atoms with Gasteiger partial charge in [-0.05, 0) is 24.8 Å². The number of nitrogens with zero attached hydrogens (tertiary/aromatic N) is 2. The molecule has 0 unspecified atom stereocenters. The van der Waals surface area contributed by atoms with Gasteiger partial charge in [0.25, 0.3) is 0 Å². The Hall–Kier alpha value is -1.93.